The molecular formula is C15H21NO2. The largest absolute Gasteiger partial charge is 0.486 e. The number of ether oxygens (including phenoxy) is 2. The predicted molar refractivity (Wildman–Crippen MR) is 71.2 cm³/mol. The lowest BCUT2D eigenvalue weighted by molar-refractivity contribution is 0.171. The molecule has 0 spiro atoms. The summed E-state index contributed by atoms with van der Waals surface area (Å²) >= 11 is 0. The maximum atomic E-state index is 6.10. The minimum Gasteiger partial charge on any atom is -0.486 e. The molecule has 2 N–H and O–H groups in total. The van der Waals surface area contributed by atoms with Crippen molar-refractivity contribution in [3.8, 4) is 11.5 Å². The highest BCUT2D eigenvalue weighted by Gasteiger charge is 2.41. The van der Waals surface area contributed by atoms with Crippen LogP contribution in [0.2, 0.25) is 0 Å². The maximum absolute atomic E-state index is 6.10. The average Bonchev–Trinajstić information content (AvgIpc) is 2.80. The van der Waals surface area contributed by atoms with E-state index in [1.165, 1.54) is 24.8 Å². The van der Waals surface area contributed by atoms with Crippen LogP contribution in [0.25, 0.3) is 0 Å². The molecule has 18 heavy (non-hydrogen) atoms. The van der Waals surface area contributed by atoms with Crippen molar-refractivity contribution in [3.63, 3.8) is 0 Å². The zero-order valence-electron chi connectivity index (χ0n) is 10.9. The maximum Gasteiger partial charge on any atom is 0.161 e. The molecule has 0 aromatic heterocycles. The SMILES string of the molecule is CC1CCCC1(CN)c1ccc2c(c1)OCCO2. The highest BCUT2D eigenvalue weighted by molar-refractivity contribution is 5.46. The zero-order chi connectivity index (χ0) is 12.6. The van der Waals surface area contributed by atoms with Gasteiger partial charge in [0.15, 0.2) is 11.5 Å². The molecule has 1 aromatic rings. The van der Waals surface area contributed by atoms with Crippen LogP contribution in [0.1, 0.15) is 31.7 Å². The fourth-order valence-corrected chi connectivity index (χ4v) is 3.45. The van der Waals surface area contributed by atoms with Crippen LogP contribution in [0.3, 0.4) is 0 Å². The Morgan fingerprint density at radius 3 is 2.72 bits per heavy atom. The van der Waals surface area contributed by atoms with Crippen molar-refractivity contribution >= 4 is 0 Å². The second-order valence-electron chi connectivity index (χ2n) is 5.51. The Kier molecular flexibility index (Phi) is 2.94. The van der Waals surface area contributed by atoms with Gasteiger partial charge in [0.1, 0.15) is 13.2 Å². The molecule has 2 unspecified atom stereocenters. The molecule has 1 aromatic carbocycles. The highest BCUT2D eigenvalue weighted by atomic mass is 16.6. The van der Waals surface area contributed by atoms with Gasteiger partial charge in [0.2, 0.25) is 0 Å². The van der Waals surface area contributed by atoms with Gasteiger partial charge in [0, 0.05) is 12.0 Å². The third-order valence-corrected chi connectivity index (χ3v) is 4.68. The highest BCUT2D eigenvalue weighted by Crippen LogP contribution is 2.46. The first-order chi connectivity index (χ1) is 8.76. The summed E-state index contributed by atoms with van der Waals surface area (Å²) in [6, 6.07) is 6.34. The Balaban J connectivity index is 2.00. The Bertz CT molecular complexity index is 446. The smallest absolute Gasteiger partial charge is 0.161 e. The summed E-state index contributed by atoms with van der Waals surface area (Å²) in [5, 5.41) is 0. The quantitative estimate of drug-likeness (QED) is 0.873. The number of nitrogens with two attached hydrogens (primary N) is 1. The van der Waals surface area contributed by atoms with E-state index in [4.69, 9.17) is 15.2 Å². The monoisotopic (exact) mass is 247 g/mol. The summed E-state index contributed by atoms with van der Waals surface area (Å²) in [6.07, 6.45) is 3.72. The van der Waals surface area contributed by atoms with Crippen LogP contribution in [0.5, 0.6) is 11.5 Å². The van der Waals surface area contributed by atoms with E-state index < -0.39 is 0 Å². The molecule has 1 heterocycles. The molecule has 0 saturated heterocycles. The predicted octanol–water partition coefficient (Wildman–Crippen LogP) is 2.47. The second-order valence-corrected chi connectivity index (χ2v) is 5.51. The Morgan fingerprint density at radius 1 is 1.28 bits per heavy atom. The van der Waals surface area contributed by atoms with Crippen LogP contribution in [0, 0.1) is 5.92 Å². The number of hydrogen-bond donors (Lipinski definition) is 1. The Labute approximate surface area is 108 Å². The van der Waals surface area contributed by atoms with Gasteiger partial charge in [0.25, 0.3) is 0 Å². The summed E-state index contributed by atoms with van der Waals surface area (Å²) in [5.74, 6) is 2.39. The van der Waals surface area contributed by atoms with Crippen molar-refractivity contribution in [2.75, 3.05) is 19.8 Å². The van der Waals surface area contributed by atoms with Crippen LogP contribution in [-0.4, -0.2) is 19.8 Å². The summed E-state index contributed by atoms with van der Waals surface area (Å²) in [7, 11) is 0. The minimum absolute atomic E-state index is 0.135. The van der Waals surface area contributed by atoms with Crippen molar-refractivity contribution in [1.29, 1.82) is 0 Å². The second kappa shape index (κ2) is 4.47. The van der Waals surface area contributed by atoms with E-state index in [9.17, 15) is 0 Å². The van der Waals surface area contributed by atoms with Crippen molar-refractivity contribution in [3.05, 3.63) is 23.8 Å². The minimum atomic E-state index is 0.135. The van der Waals surface area contributed by atoms with E-state index >= 15 is 0 Å². The standard InChI is InChI=1S/C15H21NO2/c1-11-3-2-6-15(11,10-16)12-4-5-13-14(9-12)18-8-7-17-13/h4-5,9,11H,2-3,6-8,10,16H2,1H3. The Morgan fingerprint density at radius 2 is 2.06 bits per heavy atom. The molecule has 0 radical (unpaired) electrons. The van der Waals surface area contributed by atoms with Gasteiger partial charge in [-0.1, -0.05) is 19.4 Å². The van der Waals surface area contributed by atoms with E-state index in [1.807, 2.05) is 6.07 Å². The topological polar surface area (TPSA) is 44.5 Å². The van der Waals surface area contributed by atoms with Crippen molar-refractivity contribution in [2.24, 2.45) is 11.7 Å². The molecule has 0 bridgehead atoms. The van der Waals surface area contributed by atoms with Gasteiger partial charge in [-0.05, 0) is 36.5 Å². The van der Waals surface area contributed by atoms with Gasteiger partial charge in [-0.3, -0.25) is 0 Å². The molecule has 3 heteroatoms. The third-order valence-electron chi connectivity index (χ3n) is 4.68. The van der Waals surface area contributed by atoms with Crippen LogP contribution < -0.4 is 15.2 Å². The molecule has 1 fully saturated rings. The van der Waals surface area contributed by atoms with Gasteiger partial charge in [-0.15, -0.1) is 0 Å². The lowest BCUT2D eigenvalue weighted by atomic mass is 9.73. The number of rotatable bonds is 2. The third kappa shape index (κ3) is 1.69. The molecule has 2 aliphatic rings. The average molecular weight is 247 g/mol. The van der Waals surface area contributed by atoms with E-state index in [0.717, 1.165) is 11.5 Å². The first-order valence-electron chi connectivity index (χ1n) is 6.86. The van der Waals surface area contributed by atoms with Crippen LogP contribution in [0.4, 0.5) is 0 Å². The molecule has 0 amide bonds. The molecule has 2 atom stereocenters. The van der Waals surface area contributed by atoms with Gasteiger partial charge >= 0.3 is 0 Å². The lowest BCUT2D eigenvalue weighted by Crippen LogP contribution is -2.37. The molecule has 3 rings (SSSR count). The number of hydrogen-bond acceptors (Lipinski definition) is 3. The first-order valence-corrected chi connectivity index (χ1v) is 6.86. The van der Waals surface area contributed by atoms with E-state index in [0.29, 0.717) is 25.7 Å². The molecule has 1 aliphatic carbocycles. The molecule has 3 nitrogen and oxygen atoms in total. The van der Waals surface area contributed by atoms with Crippen molar-refractivity contribution < 1.29 is 9.47 Å². The van der Waals surface area contributed by atoms with E-state index in [-0.39, 0.29) is 5.41 Å². The van der Waals surface area contributed by atoms with Crippen LogP contribution in [0.15, 0.2) is 18.2 Å². The van der Waals surface area contributed by atoms with E-state index in [1.54, 1.807) is 0 Å². The van der Waals surface area contributed by atoms with Gasteiger partial charge < -0.3 is 15.2 Å². The van der Waals surface area contributed by atoms with Crippen molar-refractivity contribution in [2.45, 2.75) is 31.6 Å². The first kappa shape index (κ1) is 11.8. The fourth-order valence-electron chi connectivity index (χ4n) is 3.45. The van der Waals surface area contributed by atoms with Crippen molar-refractivity contribution in [1.82, 2.24) is 0 Å². The summed E-state index contributed by atoms with van der Waals surface area (Å²) in [5.41, 5.74) is 7.55. The van der Waals surface area contributed by atoms with Gasteiger partial charge in [-0.25, -0.2) is 0 Å². The number of fused-ring (bicyclic) bond motifs is 1. The van der Waals surface area contributed by atoms with Gasteiger partial charge in [-0.2, -0.15) is 0 Å². The molecule has 1 saturated carbocycles. The molecular weight excluding hydrogens is 226 g/mol. The lowest BCUT2D eigenvalue weighted by Gasteiger charge is -2.34. The summed E-state index contributed by atoms with van der Waals surface area (Å²) in [4.78, 5) is 0. The Hall–Kier alpha value is -1.22. The van der Waals surface area contributed by atoms with Gasteiger partial charge in [0.05, 0.1) is 0 Å². The van der Waals surface area contributed by atoms with Crippen LogP contribution in [-0.2, 0) is 5.41 Å². The molecule has 1 aliphatic heterocycles. The number of benzene rings is 1. The van der Waals surface area contributed by atoms with E-state index in [2.05, 4.69) is 19.1 Å². The molecule has 98 valence electrons. The zero-order valence-corrected chi connectivity index (χ0v) is 10.9. The van der Waals surface area contributed by atoms with Crippen LogP contribution >= 0.6 is 0 Å². The normalized spacial score (nSPS) is 30.4. The fraction of sp³-hybridized carbons (Fsp3) is 0.600. The summed E-state index contributed by atoms with van der Waals surface area (Å²) < 4.78 is 11.3. The summed E-state index contributed by atoms with van der Waals surface area (Å²) in [6.45, 7) is 4.32.